The van der Waals surface area contributed by atoms with Crippen molar-refractivity contribution in [1.82, 2.24) is 15.1 Å². The Labute approximate surface area is 89.7 Å². The summed E-state index contributed by atoms with van der Waals surface area (Å²) in [6, 6.07) is 2.10. The molecule has 1 N–H and O–H groups in total. The zero-order valence-corrected chi connectivity index (χ0v) is 9.33. The van der Waals surface area contributed by atoms with Gasteiger partial charge >= 0.3 is 0 Å². The van der Waals surface area contributed by atoms with E-state index in [1.165, 1.54) is 0 Å². The lowest BCUT2D eigenvalue weighted by Crippen LogP contribution is -2.35. The van der Waals surface area contributed by atoms with Crippen molar-refractivity contribution in [1.29, 1.82) is 0 Å². The molecule has 0 aromatic carbocycles. The summed E-state index contributed by atoms with van der Waals surface area (Å²) in [5, 5.41) is 7.07. The first kappa shape index (κ1) is 10.6. The zero-order chi connectivity index (χ0) is 10.8. The third kappa shape index (κ3) is 2.37. The van der Waals surface area contributed by atoms with Crippen molar-refractivity contribution in [2.45, 2.75) is 44.9 Å². The van der Waals surface area contributed by atoms with E-state index < -0.39 is 6.17 Å². The van der Waals surface area contributed by atoms with Gasteiger partial charge in [0.15, 0.2) is 0 Å². The summed E-state index contributed by atoms with van der Waals surface area (Å²) in [5.41, 5.74) is 2.05. The Balaban J connectivity index is 1.94. The Morgan fingerprint density at radius 1 is 1.60 bits per heavy atom. The van der Waals surface area contributed by atoms with Crippen molar-refractivity contribution in [3.63, 3.8) is 0 Å². The van der Waals surface area contributed by atoms with Crippen LogP contribution in [0.4, 0.5) is 4.39 Å². The van der Waals surface area contributed by atoms with Gasteiger partial charge in [0, 0.05) is 18.3 Å². The van der Waals surface area contributed by atoms with Gasteiger partial charge in [-0.25, -0.2) is 4.39 Å². The average molecular weight is 211 g/mol. The maximum Gasteiger partial charge on any atom is 0.116 e. The van der Waals surface area contributed by atoms with E-state index in [1.807, 2.05) is 20.0 Å². The second kappa shape index (κ2) is 4.31. The van der Waals surface area contributed by atoms with Crippen LogP contribution in [0.25, 0.3) is 0 Å². The molecule has 1 aliphatic rings. The number of halogens is 1. The molecule has 0 aliphatic heterocycles. The van der Waals surface area contributed by atoms with Crippen molar-refractivity contribution >= 4 is 0 Å². The fourth-order valence-electron chi connectivity index (χ4n) is 2.32. The molecule has 0 spiro atoms. The number of nitrogens with zero attached hydrogens (tertiary/aromatic N) is 2. The van der Waals surface area contributed by atoms with Crippen molar-refractivity contribution in [3.05, 3.63) is 17.5 Å². The first-order valence-corrected chi connectivity index (χ1v) is 5.52. The highest BCUT2D eigenvalue weighted by Crippen LogP contribution is 2.26. The van der Waals surface area contributed by atoms with Gasteiger partial charge in [-0.2, -0.15) is 5.10 Å². The summed E-state index contributed by atoms with van der Waals surface area (Å²) >= 11 is 0. The summed E-state index contributed by atoms with van der Waals surface area (Å²) in [4.78, 5) is 2.08. The normalized spacial score (nSPS) is 26.4. The van der Waals surface area contributed by atoms with Gasteiger partial charge in [0.1, 0.15) is 6.17 Å². The summed E-state index contributed by atoms with van der Waals surface area (Å²) < 4.78 is 13.5. The summed E-state index contributed by atoms with van der Waals surface area (Å²) in [6.45, 7) is 2.71. The number of hydrogen-bond acceptors (Lipinski definition) is 2. The van der Waals surface area contributed by atoms with Gasteiger partial charge in [-0.15, -0.1) is 0 Å². The minimum absolute atomic E-state index is 0.0852. The van der Waals surface area contributed by atoms with Crippen LogP contribution in [-0.4, -0.2) is 34.4 Å². The number of aromatic amines is 1. The van der Waals surface area contributed by atoms with E-state index in [1.54, 1.807) is 0 Å². The number of alkyl halides is 1. The van der Waals surface area contributed by atoms with E-state index in [-0.39, 0.29) is 6.04 Å². The predicted octanol–water partition coefficient (Wildman–Crippen LogP) is 2.04. The lowest BCUT2D eigenvalue weighted by Gasteiger charge is -2.24. The second-order valence-electron chi connectivity index (χ2n) is 4.47. The van der Waals surface area contributed by atoms with Crippen LogP contribution in [0.5, 0.6) is 0 Å². The molecule has 0 radical (unpaired) electrons. The average Bonchev–Trinajstić information content (AvgIpc) is 2.75. The van der Waals surface area contributed by atoms with E-state index in [2.05, 4.69) is 15.1 Å². The number of aryl methyl sites for hydroxylation is 1. The molecule has 2 unspecified atom stereocenters. The van der Waals surface area contributed by atoms with Crippen molar-refractivity contribution in [3.8, 4) is 0 Å². The second-order valence-corrected chi connectivity index (χ2v) is 4.47. The topological polar surface area (TPSA) is 31.9 Å². The SMILES string of the molecule is Cc1cc(CN(C)C2CCCC2F)n[nH]1. The summed E-state index contributed by atoms with van der Waals surface area (Å²) in [7, 11) is 1.98. The largest absolute Gasteiger partial charge is 0.295 e. The smallest absolute Gasteiger partial charge is 0.116 e. The summed E-state index contributed by atoms with van der Waals surface area (Å²) in [5.74, 6) is 0. The molecular weight excluding hydrogens is 193 g/mol. The molecule has 0 bridgehead atoms. The molecule has 84 valence electrons. The Bertz CT molecular complexity index is 323. The number of hydrogen-bond donors (Lipinski definition) is 1. The maximum atomic E-state index is 13.5. The van der Waals surface area contributed by atoms with Crippen LogP contribution in [-0.2, 0) is 6.54 Å². The van der Waals surface area contributed by atoms with Crippen LogP contribution in [0.1, 0.15) is 30.7 Å². The van der Waals surface area contributed by atoms with Crippen LogP contribution in [0.2, 0.25) is 0 Å². The fraction of sp³-hybridized carbons (Fsp3) is 0.727. The Morgan fingerprint density at radius 2 is 2.40 bits per heavy atom. The number of rotatable bonds is 3. The number of nitrogens with one attached hydrogen (secondary N) is 1. The molecule has 0 amide bonds. The monoisotopic (exact) mass is 211 g/mol. The van der Waals surface area contributed by atoms with Crippen LogP contribution in [0, 0.1) is 6.92 Å². The van der Waals surface area contributed by atoms with Crippen LogP contribution >= 0.6 is 0 Å². The van der Waals surface area contributed by atoms with E-state index in [0.29, 0.717) is 6.42 Å². The summed E-state index contributed by atoms with van der Waals surface area (Å²) in [6.07, 6.45) is 2.04. The quantitative estimate of drug-likeness (QED) is 0.829. The molecule has 2 atom stereocenters. The fourth-order valence-corrected chi connectivity index (χ4v) is 2.32. The molecule has 0 saturated heterocycles. The Kier molecular flexibility index (Phi) is 3.05. The van der Waals surface area contributed by atoms with Gasteiger partial charge in [-0.3, -0.25) is 10.00 Å². The van der Waals surface area contributed by atoms with Crippen molar-refractivity contribution in [2.24, 2.45) is 0 Å². The van der Waals surface area contributed by atoms with Gasteiger partial charge in [-0.05, 0) is 39.3 Å². The highest BCUT2D eigenvalue weighted by molar-refractivity contribution is 5.06. The van der Waals surface area contributed by atoms with Crippen molar-refractivity contribution in [2.75, 3.05) is 7.05 Å². The maximum absolute atomic E-state index is 13.5. The highest BCUT2D eigenvalue weighted by atomic mass is 19.1. The van der Waals surface area contributed by atoms with E-state index >= 15 is 0 Å². The molecule has 1 aromatic heterocycles. The minimum atomic E-state index is -0.657. The van der Waals surface area contributed by atoms with E-state index in [4.69, 9.17) is 0 Å². The van der Waals surface area contributed by atoms with Gasteiger partial charge < -0.3 is 0 Å². The van der Waals surface area contributed by atoms with Crippen LogP contribution in [0.15, 0.2) is 6.07 Å². The zero-order valence-electron chi connectivity index (χ0n) is 9.33. The molecular formula is C11H18FN3. The Morgan fingerprint density at radius 3 is 2.93 bits per heavy atom. The van der Waals surface area contributed by atoms with E-state index in [9.17, 15) is 4.39 Å². The highest BCUT2D eigenvalue weighted by Gasteiger charge is 2.30. The number of H-pyrrole nitrogens is 1. The molecule has 3 nitrogen and oxygen atoms in total. The lowest BCUT2D eigenvalue weighted by atomic mass is 10.2. The molecule has 2 rings (SSSR count). The van der Waals surface area contributed by atoms with Gasteiger partial charge in [0.2, 0.25) is 0 Å². The van der Waals surface area contributed by atoms with Crippen molar-refractivity contribution < 1.29 is 4.39 Å². The molecule has 1 aromatic rings. The third-order valence-electron chi connectivity index (χ3n) is 3.13. The molecule has 15 heavy (non-hydrogen) atoms. The molecule has 1 fully saturated rings. The molecule has 1 heterocycles. The number of aromatic nitrogens is 2. The van der Waals surface area contributed by atoms with Crippen LogP contribution in [0.3, 0.4) is 0 Å². The molecule has 1 aliphatic carbocycles. The first-order chi connectivity index (χ1) is 7.16. The first-order valence-electron chi connectivity index (χ1n) is 5.52. The molecule has 1 saturated carbocycles. The van der Waals surface area contributed by atoms with Gasteiger partial charge in [0.05, 0.1) is 5.69 Å². The van der Waals surface area contributed by atoms with E-state index in [0.717, 1.165) is 30.8 Å². The van der Waals surface area contributed by atoms with Crippen LogP contribution < -0.4 is 0 Å². The van der Waals surface area contributed by atoms with Gasteiger partial charge in [-0.1, -0.05) is 0 Å². The third-order valence-corrected chi connectivity index (χ3v) is 3.13. The minimum Gasteiger partial charge on any atom is -0.295 e. The predicted molar refractivity (Wildman–Crippen MR) is 57.3 cm³/mol. The Hall–Kier alpha value is -0.900. The lowest BCUT2D eigenvalue weighted by molar-refractivity contribution is 0.152. The van der Waals surface area contributed by atoms with Gasteiger partial charge in [0.25, 0.3) is 0 Å². The standard InChI is InChI=1S/C11H18FN3/c1-8-6-9(14-13-8)7-15(2)11-5-3-4-10(11)12/h6,10-11H,3-5,7H2,1-2H3,(H,13,14). The molecule has 4 heteroatoms.